The first-order valence-corrected chi connectivity index (χ1v) is 4.64. The lowest BCUT2D eigenvalue weighted by molar-refractivity contribution is -0.107. The van der Waals surface area contributed by atoms with Crippen LogP contribution in [0.1, 0.15) is 19.8 Å². The molecular formula is C9H20N2O. The van der Waals surface area contributed by atoms with Crippen LogP contribution in [0.4, 0.5) is 0 Å². The quantitative estimate of drug-likeness (QED) is 0.427. The summed E-state index contributed by atoms with van der Waals surface area (Å²) in [5.74, 6) is 0. The van der Waals surface area contributed by atoms with Crippen molar-refractivity contribution < 1.29 is 4.79 Å². The van der Waals surface area contributed by atoms with E-state index in [4.69, 9.17) is 0 Å². The van der Waals surface area contributed by atoms with Crippen molar-refractivity contribution in [3.8, 4) is 0 Å². The molecule has 1 N–H and O–H groups in total. The Hall–Kier alpha value is -0.410. The van der Waals surface area contributed by atoms with Gasteiger partial charge in [-0.2, -0.15) is 0 Å². The first kappa shape index (κ1) is 11.6. The van der Waals surface area contributed by atoms with Crippen LogP contribution in [0.5, 0.6) is 0 Å². The first-order chi connectivity index (χ1) is 5.81. The summed E-state index contributed by atoms with van der Waals surface area (Å²) in [6.45, 7) is 5.87. The van der Waals surface area contributed by atoms with Gasteiger partial charge in [0.15, 0.2) is 0 Å². The van der Waals surface area contributed by atoms with Gasteiger partial charge in [0.25, 0.3) is 0 Å². The minimum Gasteiger partial charge on any atom is -0.310 e. The molecule has 0 rings (SSSR count). The fraction of sp³-hybridized carbons (Fsp3) is 0.889. The summed E-state index contributed by atoms with van der Waals surface area (Å²) >= 11 is 0. The van der Waals surface area contributed by atoms with E-state index in [-0.39, 0.29) is 0 Å². The van der Waals surface area contributed by atoms with Gasteiger partial charge in [0.2, 0.25) is 0 Å². The lowest BCUT2D eigenvalue weighted by Gasteiger charge is -2.14. The topological polar surface area (TPSA) is 32.3 Å². The van der Waals surface area contributed by atoms with E-state index in [9.17, 15) is 4.79 Å². The summed E-state index contributed by atoms with van der Waals surface area (Å²) in [6, 6.07) is 0. The van der Waals surface area contributed by atoms with Crippen LogP contribution in [0.2, 0.25) is 0 Å². The van der Waals surface area contributed by atoms with Gasteiger partial charge in [-0.05, 0) is 39.5 Å². The summed E-state index contributed by atoms with van der Waals surface area (Å²) in [4.78, 5) is 12.2. The molecule has 3 heteroatoms. The van der Waals surface area contributed by atoms with Crippen LogP contribution < -0.4 is 5.32 Å². The van der Waals surface area contributed by atoms with Gasteiger partial charge in [0, 0.05) is 0 Å². The molecule has 0 aliphatic heterocycles. The van der Waals surface area contributed by atoms with Crippen LogP contribution in [-0.4, -0.2) is 44.4 Å². The van der Waals surface area contributed by atoms with Gasteiger partial charge in [-0.15, -0.1) is 0 Å². The van der Waals surface area contributed by atoms with Crippen LogP contribution in [0.25, 0.3) is 0 Å². The first-order valence-electron chi connectivity index (χ1n) is 4.64. The zero-order chi connectivity index (χ0) is 9.23. The van der Waals surface area contributed by atoms with Gasteiger partial charge < -0.3 is 15.0 Å². The summed E-state index contributed by atoms with van der Waals surface area (Å²) in [5, 5.41) is 3.04. The summed E-state index contributed by atoms with van der Waals surface area (Å²) in [6.07, 6.45) is 3.22. The molecule has 0 amide bonds. The van der Waals surface area contributed by atoms with Crippen LogP contribution >= 0.6 is 0 Å². The van der Waals surface area contributed by atoms with Crippen LogP contribution in [-0.2, 0) is 4.79 Å². The third-order valence-electron chi connectivity index (χ3n) is 1.73. The lowest BCUT2D eigenvalue weighted by Crippen LogP contribution is -2.25. The highest BCUT2D eigenvalue weighted by Gasteiger charge is 1.94. The Balaban J connectivity index is 3.02. The average molecular weight is 172 g/mol. The van der Waals surface area contributed by atoms with Gasteiger partial charge in [0.05, 0.1) is 6.54 Å². The molecule has 0 atom stereocenters. The monoisotopic (exact) mass is 172 g/mol. The number of carbonyl (C=O) groups excluding carboxylic acids is 1. The maximum absolute atomic E-state index is 9.93. The molecule has 0 spiro atoms. The minimum absolute atomic E-state index is 0.484. The number of nitrogens with zero attached hydrogens (tertiary/aromatic N) is 1. The molecule has 0 aliphatic rings. The van der Waals surface area contributed by atoms with Gasteiger partial charge in [-0.3, -0.25) is 0 Å². The molecule has 0 saturated carbocycles. The van der Waals surface area contributed by atoms with Crippen molar-refractivity contribution in [2.24, 2.45) is 0 Å². The zero-order valence-electron chi connectivity index (χ0n) is 8.18. The maximum atomic E-state index is 9.93. The molecule has 0 aromatic carbocycles. The Morgan fingerprint density at radius 2 is 2.17 bits per heavy atom. The van der Waals surface area contributed by atoms with E-state index in [0.717, 1.165) is 32.3 Å². The Bertz CT molecular complexity index is 107. The van der Waals surface area contributed by atoms with Gasteiger partial charge in [-0.1, -0.05) is 6.92 Å². The Morgan fingerprint density at radius 3 is 2.75 bits per heavy atom. The van der Waals surface area contributed by atoms with E-state index >= 15 is 0 Å². The molecule has 0 unspecified atom stereocenters. The molecule has 72 valence electrons. The summed E-state index contributed by atoms with van der Waals surface area (Å²) < 4.78 is 0. The standard InChI is InChI=1S/C9H20N2O/c1-3-7-11(2)8-4-5-10-6-9-12/h9-10H,3-8H2,1-2H3. The highest BCUT2D eigenvalue weighted by atomic mass is 16.1. The molecule has 12 heavy (non-hydrogen) atoms. The Labute approximate surface area is 75.1 Å². The molecule has 0 fully saturated rings. The van der Waals surface area contributed by atoms with E-state index < -0.39 is 0 Å². The van der Waals surface area contributed by atoms with E-state index in [1.54, 1.807) is 0 Å². The molecule has 0 bridgehead atoms. The second-order valence-electron chi connectivity index (χ2n) is 3.03. The lowest BCUT2D eigenvalue weighted by atomic mass is 10.3. The molecule has 0 aromatic rings. The van der Waals surface area contributed by atoms with Crippen LogP contribution in [0, 0.1) is 0 Å². The molecular weight excluding hydrogens is 152 g/mol. The van der Waals surface area contributed by atoms with Gasteiger partial charge in [0.1, 0.15) is 6.29 Å². The van der Waals surface area contributed by atoms with Crippen molar-refractivity contribution in [1.29, 1.82) is 0 Å². The summed E-state index contributed by atoms with van der Waals surface area (Å²) in [5.41, 5.74) is 0. The molecule has 3 nitrogen and oxygen atoms in total. The number of aldehydes is 1. The number of rotatable bonds is 8. The zero-order valence-corrected chi connectivity index (χ0v) is 8.18. The van der Waals surface area contributed by atoms with Gasteiger partial charge in [-0.25, -0.2) is 0 Å². The van der Waals surface area contributed by atoms with Crippen molar-refractivity contribution in [1.82, 2.24) is 10.2 Å². The second kappa shape index (κ2) is 8.68. The Kier molecular flexibility index (Phi) is 8.39. The average Bonchev–Trinajstić information content (AvgIpc) is 2.05. The third-order valence-corrected chi connectivity index (χ3v) is 1.73. The highest BCUT2D eigenvalue weighted by Crippen LogP contribution is 1.87. The van der Waals surface area contributed by atoms with Crippen molar-refractivity contribution >= 4 is 6.29 Å². The second-order valence-corrected chi connectivity index (χ2v) is 3.03. The van der Waals surface area contributed by atoms with Gasteiger partial charge >= 0.3 is 0 Å². The maximum Gasteiger partial charge on any atom is 0.133 e. The molecule has 0 radical (unpaired) electrons. The SMILES string of the molecule is CCCN(C)CCCNCC=O. The molecule has 0 aliphatic carbocycles. The van der Waals surface area contributed by atoms with E-state index in [1.807, 2.05) is 0 Å². The number of nitrogens with one attached hydrogen (secondary N) is 1. The van der Waals surface area contributed by atoms with E-state index in [2.05, 4.69) is 24.2 Å². The van der Waals surface area contributed by atoms with Crippen LogP contribution in [0.3, 0.4) is 0 Å². The third kappa shape index (κ3) is 7.69. The normalized spacial score (nSPS) is 10.6. The fourth-order valence-corrected chi connectivity index (χ4v) is 1.13. The fourth-order valence-electron chi connectivity index (χ4n) is 1.13. The van der Waals surface area contributed by atoms with Crippen molar-refractivity contribution in [3.63, 3.8) is 0 Å². The summed E-state index contributed by atoms with van der Waals surface area (Å²) in [7, 11) is 2.13. The molecule has 0 saturated heterocycles. The smallest absolute Gasteiger partial charge is 0.133 e. The molecule has 0 heterocycles. The predicted molar refractivity (Wildman–Crippen MR) is 51.3 cm³/mol. The predicted octanol–water partition coefficient (Wildman–Crippen LogP) is 0.507. The van der Waals surface area contributed by atoms with E-state index in [1.165, 1.54) is 6.42 Å². The minimum atomic E-state index is 0.484. The van der Waals surface area contributed by atoms with Crippen molar-refractivity contribution in [3.05, 3.63) is 0 Å². The largest absolute Gasteiger partial charge is 0.310 e. The highest BCUT2D eigenvalue weighted by molar-refractivity contribution is 5.51. The van der Waals surface area contributed by atoms with Crippen molar-refractivity contribution in [2.75, 3.05) is 33.2 Å². The number of hydrogen-bond acceptors (Lipinski definition) is 3. The van der Waals surface area contributed by atoms with Crippen molar-refractivity contribution in [2.45, 2.75) is 19.8 Å². The number of carbonyl (C=O) groups is 1. The van der Waals surface area contributed by atoms with E-state index in [0.29, 0.717) is 6.54 Å². The number of hydrogen-bond donors (Lipinski definition) is 1. The molecule has 0 aromatic heterocycles. The van der Waals surface area contributed by atoms with Crippen LogP contribution in [0.15, 0.2) is 0 Å². The Morgan fingerprint density at radius 1 is 1.42 bits per heavy atom.